The number of quaternary nitrogens is 1. The van der Waals surface area contributed by atoms with Gasteiger partial charge in [-0.3, -0.25) is 4.79 Å². The quantitative estimate of drug-likeness (QED) is 0.250. The molecule has 7 nitrogen and oxygen atoms in total. The first-order chi connectivity index (χ1) is 20.5. The van der Waals surface area contributed by atoms with Crippen molar-refractivity contribution in [3.63, 3.8) is 0 Å². The van der Waals surface area contributed by atoms with E-state index < -0.39 is 30.0 Å². The van der Waals surface area contributed by atoms with Gasteiger partial charge in [0.1, 0.15) is 11.6 Å². The van der Waals surface area contributed by atoms with Crippen LogP contribution in [0.1, 0.15) is 41.9 Å². The van der Waals surface area contributed by atoms with Crippen molar-refractivity contribution in [2.45, 2.75) is 43.9 Å². The minimum atomic E-state index is -2.97. The van der Waals surface area contributed by atoms with Crippen LogP contribution in [-0.2, 0) is 21.7 Å². The number of nitrogens with one attached hydrogen (secondary N) is 2. The summed E-state index contributed by atoms with van der Waals surface area (Å²) in [6, 6.07) is 15.3. The fourth-order valence-corrected chi connectivity index (χ4v) is 6.15. The van der Waals surface area contributed by atoms with Crippen LogP contribution in [0, 0.1) is 5.82 Å². The van der Waals surface area contributed by atoms with E-state index in [0.717, 1.165) is 0 Å². The Balaban J connectivity index is 1.41. The Bertz CT molecular complexity index is 1520. The zero-order valence-corrected chi connectivity index (χ0v) is 24.9. The number of piperidine rings is 1. The predicted molar refractivity (Wildman–Crippen MR) is 158 cm³/mol. The first-order valence-electron chi connectivity index (χ1n) is 13.9. The first kappa shape index (κ1) is 31.1. The second kappa shape index (κ2) is 12.7. The Hall–Kier alpha value is -3.31. The lowest BCUT2D eigenvalue weighted by Gasteiger charge is -2.46. The van der Waals surface area contributed by atoms with E-state index in [-0.39, 0.29) is 40.7 Å². The summed E-state index contributed by atoms with van der Waals surface area (Å²) in [7, 11) is 1.70. The van der Waals surface area contributed by atoms with Gasteiger partial charge >= 0.3 is 12.7 Å². The maximum atomic E-state index is 14.5. The number of alkyl halides is 2. The van der Waals surface area contributed by atoms with Crippen LogP contribution in [-0.4, -0.2) is 45.3 Å². The molecule has 2 aliphatic heterocycles. The lowest BCUT2D eigenvalue weighted by molar-refractivity contribution is -0.123. The summed E-state index contributed by atoms with van der Waals surface area (Å²) in [5.74, 6) is -1.58. The number of hydrogen-bond acceptors (Lipinski definition) is 5. The summed E-state index contributed by atoms with van der Waals surface area (Å²) in [6.45, 7) is -1.51. The number of fused-ring (bicyclic) bond motifs is 2. The van der Waals surface area contributed by atoms with Crippen molar-refractivity contribution in [1.82, 2.24) is 15.1 Å². The normalized spacial score (nSPS) is 19.9. The smallest absolute Gasteiger partial charge is 0.435 e. The van der Waals surface area contributed by atoms with Crippen molar-refractivity contribution in [2.75, 3.05) is 26.7 Å². The predicted octanol–water partition coefficient (Wildman–Crippen LogP) is 6.89. The molecule has 0 aliphatic carbocycles. The van der Waals surface area contributed by atoms with Crippen LogP contribution in [0.2, 0.25) is 10.0 Å². The maximum absolute atomic E-state index is 14.5. The molecule has 2 heterocycles. The molecule has 3 aromatic rings. The summed E-state index contributed by atoms with van der Waals surface area (Å²) in [5.41, 5.74) is 1.48. The highest BCUT2D eigenvalue weighted by atomic mass is 35.5. The fourth-order valence-electron chi connectivity index (χ4n) is 5.85. The fraction of sp³-hybridized carbons (Fsp3) is 0.355. The molecule has 1 fully saturated rings. The van der Waals surface area contributed by atoms with Crippen molar-refractivity contribution in [3.8, 4) is 5.75 Å². The number of carbonyl (C=O) groups excluding carboxylic acids is 2. The van der Waals surface area contributed by atoms with E-state index in [4.69, 9.17) is 27.9 Å². The molecule has 0 aromatic heterocycles. The second-order valence-corrected chi connectivity index (χ2v) is 11.8. The van der Waals surface area contributed by atoms with E-state index in [9.17, 15) is 22.8 Å². The van der Waals surface area contributed by atoms with E-state index in [2.05, 4.69) is 15.4 Å². The Morgan fingerprint density at radius 2 is 1.86 bits per heavy atom. The molecule has 5 rings (SSSR count). The van der Waals surface area contributed by atoms with Gasteiger partial charge in [0, 0.05) is 31.9 Å². The molecule has 1 spiro atoms. The van der Waals surface area contributed by atoms with Gasteiger partial charge in [0.2, 0.25) is 5.91 Å². The molecule has 43 heavy (non-hydrogen) atoms. The average molecular weight is 638 g/mol. The molecule has 2 unspecified atom stereocenters. The van der Waals surface area contributed by atoms with Crippen LogP contribution in [0.25, 0.3) is 0 Å². The molecular formula is C31H31Cl2F3N3O4+. The van der Waals surface area contributed by atoms with E-state index in [0.29, 0.717) is 53.3 Å². The summed E-state index contributed by atoms with van der Waals surface area (Å²) in [6.07, 6.45) is 0.750. The zero-order chi connectivity index (χ0) is 30.8. The monoisotopic (exact) mass is 636 g/mol. The number of amides is 2. The summed E-state index contributed by atoms with van der Waals surface area (Å²) in [5, 5.41) is 6.70. The molecule has 12 heteroatoms. The molecule has 2 N–H and O–H groups in total. The third-order valence-electron chi connectivity index (χ3n) is 8.20. The highest BCUT2D eigenvalue weighted by molar-refractivity contribution is 6.42. The molecule has 2 atom stereocenters. The number of rotatable bonds is 9. The Morgan fingerprint density at radius 3 is 2.58 bits per heavy atom. The third-order valence-corrected chi connectivity index (χ3v) is 8.93. The van der Waals surface area contributed by atoms with Crippen molar-refractivity contribution in [3.05, 3.63) is 93.2 Å². The van der Waals surface area contributed by atoms with Crippen LogP contribution >= 0.6 is 23.2 Å². The molecule has 2 aliphatic rings. The van der Waals surface area contributed by atoms with Gasteiger partial charge in [0.15, 0.2) is 11.3 Å². The second-order valence-electron chi connectivity index (χ2n) is 10.9. The number of nitrogens with zero attached hydrogens (tertiary/aromatic N) is 1. The highest BCUT2D eigenvalue weighted by Crippen LogP contribution is 2.47. The van der Waals surface area contributed by atoms with E-state index in [1.165, 1.54) is 24.3 Å². The van der Waals surface area contributed by atoms with Crippen LogP contribution in [0.15, 0.2) is 60.7 Å². The molecule has 2 amide bonds. The van der Waals surface area contributed by atoms with Gasteiger partial charge in [-0.05, 0) is 60.6 Å². The molecule has 1 saturated heterocycles. The lowest BCUT2D eigenvalue weighted by Crippen LogP contribution is -2.60. The Kier molecular flexibility index (Phi) is 9.22. The highest BCUT2D eigenvalue weighted by Gasteiger charge is 2.54. The SMILES string of the molecule is C[N+]1(CCC(C(=O)NCc2cccc(OC(F)F)c2)c2ccc(Cl)c(Cl)c2)C(=O)OC2(CCNCC2)c2cc(F)ccc21. The number of carbonyl (C=O) groups is 2. The molecular weight excluding hydrogens is 606 g/mol. The van der Waals surface area contributed by atoms with Gasteiger partial charge in [-0.1, -0.05) is 41.4 Å². The van der Waals surface area contributed by atoms with Crippen LogP contribution in [0.5, 0.6) is 5.75 Å². The summed E-state index contributed by atoms with van der Waals surface area (Å²) < 4.78 is 50.1. The number of halogens is 5. The number of benzene rings is 3. The number of hydrogen-bond donors (Lipinski definition) is 2. The van der Waals surface area contributed by atoms with Crippen molar-refractivity contribution in [1.29, 1.82) is 0 Å². The molecule has 3 aromatic carbocycles. The van der Waals surface area contributed by atoms with E-state index >= 15 is 0 Å². The van der Waals surface area contributed by atoms with Crippen molar-refractivity contribution >= 4 is 40.9 Å². The summed E-state index contributed by atoms with van der Waals surface area (Å²) >= 11 is 12.4. The van der Waals surface area contributed by atoms with Crippen LogP contribution in [0.4, 0.5) is 23.7 Å². The van der Waals surface area contributed by atoms with Gasteiger partial charge in [-0.15, -0.1) is 0 Å². The lowest BCUT2D eigenvalue weighted by atomic mass is 9.82. The molecule has 0 saturated carbocycles. The van der Waals surface area contributed by atoms with Crippen LogP contribution < -0.4 is 19.9 Å². The van der Waals surface area contributed by atoms with Gasteiger partial charge in [0.25, 0.3) is 0 Å². The molecule has 0 radical (unpaired) electrons. The Labute approximate surface area is 257 Å². The van der Waals surface area contributed by atoms with Gasteiger partial charge < -0.3 is 20.1 Å². The van der Waals surface area contributed by atoms with Gasteiger partial charge in [-0.25, -0.2) is 4.39 Å². The number of ether oxygens (including phenoxy) is 2. The van der Waals surface area contributed by atoms with E-state index in [1.54, 1.807) is 43.4 Å². The standard InChI is InChI=1S/C31H30Cl2F3N3O4/c1-39(27-8-6-21(34)17-24(27)31(43-30(39)41)10-12-37-13-11-31)14-9-23(20-5-7-25(32)26(33)16-20)28(40)38-18-19-3-2-4-22(15-19)42-29(35)36/h2-8,15-17,23,29,37H,9-14,18H2,1H3/p+1. The topological polar surface area (TPSA) is 76.7 Å². The van der Waals surface area contributed by atoms with Crippen molar-refractivity contribution in [2.24, 2.45) is 0 Å². The zero-order valence-electron chi connectivity index (χ0n) is 23.3. The van der Waals surface area contributed by atoms with E-state index in [1.807, 2.05) is 0 Å². The van der Waals surface area contributed by atoms with Crippen LogP contribution in [0.3, 0.4) is 0 Å². The van der Waals surface area contributed by atoms with Gasteiger partial charge in [-0.2, -0.15) is 18.1 Å². The molecule has 0 bridgehead atoms. The molecule has 228 valence electrons. The van der Waals surface area contributed by atoms with Crippen molar-refractivity contribution < 1.29 is 32.2 Å². The largest absolute Gasteiger partial charge is 0.521 e. The minimum Gasteiger partial charge on any atom is -0.435 e. The minimum absolute atomic E-state index is 0.0227. The average Bonchev–Trinajstić information content (AvgIpc) is 2.97. The Morgan fingerprint density at radius 1 is 1.09 bits per heavy atom. The summed E-state index contributed by atoms with van der Waals surface area (Å²) in [4.78, 5) is 27.4. The van der Waals surface area contributed by atoms with Gasteiger partial charge in [0.05, 0.1) is 35.1 Å². The maximum Gasteiger partial charge on any atom is 0.521 e. The third kappa shape index (κ3) is 6.62. The first-order valence-corrected chi connectivity index (χ1v) is 14.6.